The third kappa shape index (κ3) is 5.93. The number of sulfonamides is 1. The first-order valence-electron chi connectivity index (χ1n) is 13.0. The number of allylic oxidation sites excluding steroid dienone is 1. The summed E-state index contributed by atoms with van der Waals surface area (Å²) < 4.78 is 38.8. The number of thiophene rings is 1. The highest BCUT2D eigenvalue weighted by atomic mass is 32.2. The summed E-state index contributed by atoms with van der Waals surface area (Å²) >= 11 is 1.33. The van der Waals surface area contributed by atoms with Crippen molar-refractivity contribution in [2.24, 2.45) is 0 Å². The Labute approximate surface area is 236 Å². The molecule has 0 radical (unpaired) electrons. The van der Waals surface area contributed by atoms with Crippen LogP contribution in [0.5, 0.6) is 0 Å². The molecule has 5 atom stereocenters. The van der Waals surface area contributed by atoms with E-state index in [1.807, 2.05) is 12.1 Å². The smallest absolute Gasteiger partial charge is 0.251 e. The van der Waals surface area contributed by atoms with Gasteiger partial charge >= 0.3 is 0 Å². The van der Waals surface area contributed by atoms with Crippen LogP contribution in [-0.4, -0.2) is 80.7 Å². The van der Waals surface area contributed by atoms with Crippen LogP contribution in [0.1, 0.15) is 18.2 Å². The number of nitrogens with zero attached hydrogens (tertiary/aromatic N) is 2. The van der Waals surface area contributed by atoms with Gasteiger partial charge in [0.25, 0.3) is 10.0 Å². The van der Waals surface area contributed by atoms with Crippen molar-refractivity contribution in [3.63, 3.8) is 0 Å². The summed E-state index contributed by atoms with van der Waals surface area (Å²) in [5.41, 5.74) is 2.12. The number of nitriles is 1. The van der Waals surface area contributed by atoms with Gasteiger partial charge in [0, 0.05) is 28.5 Å². The van der Waals surface area contributed by atoms with Crippen LogP contribution in [0.4, 0.5) is 5.69 Å². The van der Waals surface area contributed by atoms with Gasteiger partial charge in [-0.15, -0.1) is 11.3 Å². The van der Waals surface area contributed by atoms with Gasteiger partial charge in [0.1, 0.15) is 24.3 Å². The third-order valence-electron chi connectivity index (χ3n) is 7.20. The van der Waals surface area contributed by atoms with Crippen molar-refractivity contribution in [2.75, 3.05) is 31.2 Å². The molecule has 2 aromatic carbocycles. The number of aliphatic hydroxyl groups is 3. The molecule has 2 fully saturated rings. The Morgan fingerprint density at radius 1 is 1.10 bits per heavy atom. The van der Waals surface area contributed by atoms with Crippen LogP contribution in [0.3, 0.4) is 0 Å². The van der Waals surface area contributed by atoms with Crippen LogP contribution >= 0.6 is 11.3 Å². The first kappa shape index (κ1) is 28.7. The SMILES string of the molecule is CC[C@H]1OC(O)[C@H](NS(=O)(=O)/C(C#N)=C/c2ccc(-c3ccc4cc(N5CCOCC5)ccc4c3)s2)[C@@H](O)[C@@H]1O. The summed E-state index contributed by atoms with van der Waals surface area (Å²) in [6, 6.07) is 16.2. The van der Waals surface area contributed by atoms with Crippen molar-refractivity contribution in [1.29, 1.82) is 5.26 Å². The number of aliphatic hydroxyl groups excluding tert-OH is 3. The molecule has 0 spiro atoms. The topological polar surface area (TPSA) is 152 Å². The van der Waals surface area contributed by atoms with Crippen LogP contribution in [0.15, 0.2) is 53.4 Å². The van der Waals surface area contributed by atoms with Crippen LogP contribution < -0.4 is 9.62 Å². The summed E-state index contributed by atoms with van der Waals surface area (Å²) in [7, 11) is -4.45. The molecule has 4 N–H and O–H groups in total. The molecule has 40 heavy (non-hydrogen) atoms. The second kappa shape index (κ2) is 11.9. The van der Waals surface area contributed by atoms with Crippen LogP contribution in [-0.2, 0) is 19.5 Å². The lowest BCUT2D eigenvalue weighted by molar-refractivity contribution is -0.244. The van der Waals surface area contributed by atoms with E-state index in [0.29, 0.717) is 11.3 Å². The minimum absolute atomic E-state index is 0.311. The van der Waals surface area contributed by atoms with E-state index in [0.717, 1.165) is 53.2 Å². The quantitative estimate of drug-likeness (QED) is 0.306. The highest BCUT2D eigenvalue weighted by molar-refractivity contribution is 7.93. The predicted octanol–water partition coefficient (Wildman–Crippen LogP) is 2.41. The van der Waals surface area contributed by atoms with Gasteiger partial charge in [0.2, 0.25) is 0 Å². The molecule has 12 heteroatoms. The van der Waals surface area contributed by atoms with E-state index in [4.69, 9.17) is 9.47 Å². The second-order valence-corrected chi connectivity index (χ2v) is 12.6. The molecule has 2 aliphatic rings. The van der Waals surface area contributed by atoms with E-state index in [1.165, 1.54) is 17.4 Å². The Morgan fingerprint density at radius 2 is 1.82 bits per heavy atom. The standard InChI is InChI=1S/C28H31N3O7S2/c1-2-23-26(32)27(33)25(28(34)38-23)30-40(35,36)22(16-29)15-21-7-8-24(39-21)19-4-3-18-14-20(6-5-17(18)13-19)31-9-11-37-12-10-31/h3-8,13-15,23,25-28,30,32-34H,2,9-12H2,1H3/b22-15+/t23-,25-,26-,27-,28?/m1/s1. The molecule has 2 aliphatic heterocycles. The van der Waals surface area contributed by atoms with Crippen LogP contribution in [0.2, 0.25) is 0 Å². The maximum Gasteiger partial charge on any atom is 0.251 e. The van der Waals surface area contributed by atoms with Gasteiger partial charge in [-0.1, -0.05) is 25.1 Å². The molecular formula is C28H31N3O7S2. The van der Waals surface area contributed by atoms with Crippen LogP contribution in [0, 0.1) is 11.3 Å². The molecule has 0 amide bonds. The van der Waals surface area contributed by atoms with E-state index in [1.54, 1.807) is 19.1 Å². The molecule has 0 bridgehead atoms. The van der Waals surface area contributed by atoms with Gasteiger partial charge in [-0.2, -0.15) is 9.98 Å². The van der Waals surface area contributed by atoms with Gasteiger partial charge in [0.15, 0.2) is 11.2 Å². The molecule has 1 aromatic heterocycles. The van der Waals surface area contributed by atoms with Crippen LogP contribution in [0.25, 0.3) is 27.3 Å². The van der Waals surface area contributed by atoms with E-state index in [-0.39, 0.29) is 0 Å². The largest absolute Gasteiger partial charge is 0.388 e. The summed E-state index contributed by atoms with van der Waals surface area (Å²) in [4.78, 5) is 3.14. The van der Waals surface area contributed by atoms with Gasteiger partial charge < -0.3 is 29.7 Å². The minimum atomic E-state index is -4.45. The van der Waals surface area contributed by atoms with E-state index >= 15 is 0 Å². The van der Waals surface area contributed by atoms with Crippen molar-refractivity contribution in [1.82, 2.24) is 4.72 Å². The summed E-state index contributed by atoms with van der Waals surface area (Å²) in [5.74, 6) is 0. The number of rotatable bonds is 7. The zero-order valence-corrected chi connectivity index (χ0v) is 23.4. The molecule has 212 valence electrons. The van der Waals surface area contributed by atoms with Gasteiger partial charge in [-0.3, -0.25) is 0 Å². The monoisotopic (exact) mass is 585 g/mol. The van der Waals surface area contributed by atoms with Crippen molar-refractivity contribution in [3.8, 4) is 16.5 Å². The molecule has 1 unspecified atom stereocenters. The fourth-order valence-corrected chi connectivity index (χ4v) is 7.11. The van der Waals surface area contributed by atoms with E-state index < -0.39 is 45.6 Å². The summed E-state index contributed by atoms with van der Waals surface area (Å²) in [5, 5.41) is 42.6. The first-order valence-corrected chi connectivity index (χ1v) is 15.3. The number of benzene rings is 2. The highest BCUT2D eigenvalue weighted by Gasteiger charge is 2.45. The lowest BCUT2D eigenvalue weighted by Gasteiger charge is -2.40. The number of hydrogen-bond donors (Lipinski definition) is 4. The number of nitrogens with one attached hydrogen (secondary N) is 1. The Kier molecular flexibility index (Phi) is 8.55. The molecular weight excluding hydrogens is 554 g/mol. The number of fused-ring (bicyclic) bond motifs is 1. The van der Waals surface area contributed by atoms with Gasteiger partial charge in [-0.25, -0.2) is 8.42 Å². The molecule has 2 saturated heterocycles. The molecule has 10 nitrogen and oxygen atoms in total. The van der Waals surface area contributed by atoms with Crippen molar-refractivity contribution < 1.29 is 33.2 Å². The average Bonchev–Trinajstić information content (AvgIpc) is 3.44. The van der Waals surface area contributed by atoms with Crippen molar-refractivity contribution in [3.05, 3.63) is 58.3 Å². The second-order valence-electron chi connectivity index (χ2n) is 9.77. The molecule has 5 rings (SSSR count). The molecule has 0 aliphatic carbocycles. The Balaban J connectivity index is 1.34. The minimum Gasteiger partial charge on any atom is -0.388 e. The maximum atomic E-state index is 13.0. The van der Waals surface area contributed by atoms with E-state index in [2.05, 4.69) is 40.0 Å². The molecule has 3 aromatic rings. The van der Waals surface area contributed by atoms with E-state index in [9.17, 15) is 29.0 Å². The predicted molar refractivity (Wildman–Crippen MR) is 153 cm³/mol. The number of morpholine rings is 1. The number of ether oxygens (including phenoxy) is 2. The first-order chi connectivity index (χ1) is 19.2. The Hall–Kier alpha value is -2.86. The summed E-state index contributed by atoms with van der Waals surface area (Å²) in [6.45, 7) is 4.87. The molecule has 3 heterocycles. The zero-order valence-electron chi connectivity index (χ0n) is 21.8. The third-order valence-corrected chi connectivity index (χ3v) is 9.65. The van der Waals surface area contributed by atoms with Crippen molar-refractivity contribution in [2.45, 2.75) is 44.0 Å². The fraction of sp³-hybridized carbons (Fsp3) is 0.393. The Bertz CT molecular complexity index is 1540. The van der Waals surface area contributed by atoms with Gasteiger partial charge in [-0.05, 0) is 59.2 Å². The average molecular weight is 586 g/mol. The Morgan fingerprint density at radius 3 is 2.55 bits per heavy atom. The molecule has 0 saturated carbocycles. The maximum absolute atomic E-state index is 13.0. The van der Waals surface area contributed by atoms with Gasteiger partial charge in [0.05, 0.1) is 19.3 Å². The summed E-state index contributed by atoms with van der Waals surface area (Å²) in [6.07, 6.45) is -4.00. The lowest BCUT2D eigenvalue weighted by atomic mass is 9.96. The highest BCUT2D eigenvalue weighted by Crippen LogP contribution is 2.33. The normalized spacial score (nSPS) is 26.1. The number of anilines is 1. The zero-order chi connectivity index (χ0) is 28.4. The number of hydrogen-bond acceptors (Lipinski definition) is 10. The lowest BCUT2D eigenvalue weighted by Crippen LogP contribution is -2.63. The fourth-order valence-electron chi connectivity index (χ4n) is 4.94. The van der Waals surface area contributed by atoms with Crippen molar-refractivity contribution >= 4 is 43.9 Å².